The Morgan fingerprint density at radius 2 is 1.35 bits per heavy atom. The highest BCUT2D eigenvalue weighted by atomic mass is 16.5. The predicted molar refractivity (Wildman–Crippen MR) is 105 cm³/mol. The number of nitrogens with one attached hydrogen (secondary N) is 1. The van der Waals surface area contributed by atoms with E-state index >= 15 is 0 Å². The van der Waals surface area contributed by atoms with Crippen LogP contribution >= 0.6 is 0 Å². The highest BCUT2D eigenvalue weighted by Crippen LogP contribution is 2.27. The summed E-state index contributed by atoms with van der Waals surface area (Å²) >= 11 is 0. The smallest absolute Gasteiger partial charge is 0.127 e. The van der Waals surface area contributed by atoms with Gasteiger partial charge in [0.2, 0.25) is 0 Å². The average molecular weight is 345 g/mol. The number of rotatable bonds is 6. The summed E-state index contributed by atoms with van der Waals surface area (Å²) in [5, 5.41) is 3.44. The first-order valence-electron chi connectivity index (χ1n) is 9.16. The van der Waals surface area contributed by atoms with Crippen LogP contribution in [0.1, 0.15) is 12.8 Å². The van der Waals surface area contributed by atoms with Crippen molar-refractivity contribution in [1.82, 2.24) is 5.32 Å². The van der Waals surface area contributed by atoms with E-state index in [0.29, 0.717) is 6.04 Å². The third-order valence-electron chi connectivity index (χ3n) is 4.63. The molecule has 3 heteroatoms. The van der Waals surface area contributed by atoms with E-state index in [1.807, 2.05) is 54.6 Å². The lowest BCUT2D eigenvalue weighted by atomic mass is 10.1. The predicted octanol–water partition coefficient (Wildman–Crippen LogP) is 5.28. The second-order valence-electron chi connectivity index (χ2n) is 6.57. The number of ether oxygens (including phenoxy) is 2. The van der Waals surface area contributed by atoms with E-state index in [9.17, 15) is 0 Å². The van der Waals surface area contributed by atoms with Gasteiger partial charge < -0.3 is 14.8 Å². The summed E-state index contributed by atoms with van der Waals surface area (Å²) in [6, 6.07) is 26.8. The fourth-order valence-electron chi connectivity index (χ4n) is 3.18. The van der Waals surface area contributed by atoms with E-state index < -0.39 is 0 Å². The molecule has 0 aliphatic carbocycles. The molecule has 1 aliphatic heterocycles. The van der Waals surface area contributed by atoms with Crippen molar-refractivity contribution in [3.8, 4) is 28.4 Å². The van der Waals surface area contributed by atoms with Gasteiger partial charge in [0.1, 0.15) is 23.9 Å². The molecule has 0 spiro atoms. The molecule has 0 radical (unpaired) electrons. The Hall–Kier alpha value is -2.78. The molecule has 0 amide bonds. The molecule has 1 aliphatic rings. The fraction of sp³-hybridized carbons (Fsp3) is 0.217. The van der Waals surface area contributed by atoms with Gasteiger partial charge in [-0.15, -0.1) is 0 Å². The quantitative estimate of drug-likeness (QED) is 0.659. The molecule has 3 aromatic rings. The van der Waals surface area contributed by atoms with E-state index in [1.54, 1.807) is 0 Å². The van der Waals surface area contributed by atoms with E-state index in [2.05, 4.69) is 29.6 Å². The second kappa shape index (κ2) is 8.07. The van der Waals surface area contributed by atoms with Crippen molar-refractivity contribution >= 4 is 0 Å². The van der Waals surface area contributed by atoms with Gasteiger partial charge in [-0.2, -0.15) is 0 Å². The lowest BCUT2D eigenvalue weighted by Crippen LogP contribution is -2.28. The Bertz CT molecular complexity index is 807. The summed E-state index contributed by atoms with van der Waals surface area (Å²) < 4.78 is 11.8. The summed E-state index contributed by atoms with van der Waals surface area (Å²) in [6.07, 6.45) is 2.43. The maximum absolute atomic E-state index is 5.93. The molecule has 1 saturated heterocycles. The molecule has 1 N–H and O–H groups in total. The highest BCUT2D eigenvalue weighted by Gasteiger charge is 2.14. The van der Waals surface area contributed by atoms with Crippen LogP contribution in [0.5, 0.6) is 17.2 Å². The van der Waals surface area contributed by atoms with Crippen LogP contribution in [0, 0.1) is 0 Å². The maximum atomic E-state index is 5.93. The van der Waals surface area contributed by atoms with Crippen molar-refractivity contribution < 1.29 is 9.47 Å². The van der Waals surface area contributed by atoms with Crippen molar-refractivity contribution in [1.29, 1.82) is 0 Å². The van der Waals surface area contributed by atoms with Gasteiger partial charge in [-0.3, -0.25) is 0 Å². The topological polar surface area (TPSA) is 30.5 Å². The van der Waals surface area contributed by atoms with E-state index in [0.717, 1.165) is 30.4 Å². The number of hydrogen-bond donors (Lipinski definition) is 1. The molecule has 1 atom stereocenters. The summed E-state index contributed by atoms with van der Waals surface area (Å²) in [5.74, 6) is 2.52. The summed E-state index contributed by atoms with van der Waals surface area (Å²) in [4.78, 5) is 0. The number of benzene rings is 3. The third-order valence-corrected chi connectivity index (χ3v) is 4.63. The Balaban J connectivity index is 1.35. The average Bonchev–Trinajstić information content (AvgIpc) is 3.22. The lowest BCUT2D eigenvalue weighted by Gasteiger charge is -2.12. The van der Waals surface area contributed by atoms with Gasteiger partial charge in [0, 0.05) is 6.04 Å². The van der Waals surface area contributed by atoms with E-state index in [4.69, 9.17) is 9.47 Å². The zero-order valence-corrected chi connectivity index (χ0v) is 14.7. The highest BCUT2D eigenvalue weighted by molar-refractivity contribution is 5.64. The normalized spacial score (nSPS) is 16.4. The van der Waals surface area contributed by atoms with E-state index in [-0.39, 0.29) is 0 Å². The minimum Gasteiger partial charge on any atom is -0.492 e. The van der Waals surface area contributed by atoms with Crippen LogP contribution in [0.4, 0.5) is 0 Å². The van der Waals surface area contributed by atoms with Crippen molar-refractivity contribution in [2.24, 2.45) is 0 Å². The zero-order chi connectivity index (χ0) is 17.6. The minimum absolute atomic E-state index is 0.481. The Kier molecular flexibility index (Phi) is 5.17. The molecule has 0 saturated carbocycles. The van der Waals surface area contributed by atoms with Crippen molar-refractivity contribution in [3.05, 3.63) is 78.9 Å². The molecular weight excluding hydrogens is 322 g/mol. The maximum Gasteiger partial charge on any atom is 0.127 e. The second-order valence-corrected chi connectivity index (χ2v) is 6.57. The van der Waals surface area contributed by atoms with Gasteiger partial charge in [-0.25, -0.2) is 0 Å². The summed E-state index contributed by atoms with van der Waals surface area (Å²) in [5.41, 5.74) is 2.39. The van der Waals surface area contributed by atoms with Gasteiger partial charge in [-0.1, -0.05) is 42.5 Å². The third kappa shape index (κ3) is 4.24. The molecule has 1 heterocycles. The fourth-order valence-corrected chi connectivity index (χ4v) is 3.18. The molecule has 26 heavy (non-hydrogen) atoms. The summed E-state index contributed by atoms with van der Waals surface area (Å²) in [7, 11) is 0. The van der Waals surface area contributed by atoms with Crippen LogP contribution in [-0.4, -0.2) is 19.2 Å². The van der Waals surface area contributed by atoms with Gasteiger partial charge >= 0.3 is 0 Å². The largest absolute Gasteiger partial charge is 0.492 e. The molecule has 3 nitrogen and oxygen atoms in total. The molecule has 0 bridgehead atoms. The first-order valence-corrected chi connectivity index (χ1v) is 9.16. The molecule has 1 fully saturated rings. The standard InChI is InChI=1S/C23H23NO2/c1-2-5-18(6-3-1)19-8-10-22(11-9-19)26-23-14-12-21(13-15-23)25-17-20-7-4-16-24-20/h1-3,5-6,8-15,20,24H,4,7,16-17H2/t20-/m1/s1. The molecular formula is C23H23NO2. The van der Waals surface area contributed by atoms with Gasteiger partial charge in [0.25, 0.3) is 0 Å². The van der Waals surface area contributed by atoms with Crippen LogP contribution in [0.2, 0.25) is 0 Å². The monoisotopic (exact) mass is 345 g/mol. The van der Waals surface area contributed by atoms with Crippen LogP contribution in [0.3, 0.4) is 0 Å². The molecule has 4 rings (SSSR count). The molecule has 3 aromatic carbocycles. The first kappa shape index (κ1) is 16.7. The van der Waals surface area contributed by atoms with E-state index in [1.165, 1.54) is 24.0 Å². The van der Waals surface area contributed by atoms with Gasteiger partial charge in [0.05, 0.1) is 0 Å². The Morgan fingerprint density at radius 1 is 0.731 bits per heavy atom. The molecule has 132 valence electrons. The summed E-state index contributed by atoms with van der Waals surface area (Å²) in [6.45, 7) is 1.82. The SMILES string of the molecule is c1ccc(-c2ccc(Oc3ccc(OC[C@H]4CCCN4)cc3)cc2)cc1. The van der Waals surface area contributed by atoms with Crippen LogP contribution in [-0.2, 0) is 0 Å². The zero-order valence-electron chi connectivity index (χ0n) is 14.7. The Labute approximate surface area is 154 Å². The van der Waals surface area contributed by atoms with Crippen molar-refractivity contribution in [2.75, 3.05) is 13.2 Å². The number of hydrogen-bond acceptors (Lipinski definition) is 3. The Morgan fingerprint density at radius 3 is 2.00 bits per heavy atom. The van der Waals surface area contributed by atoms with Crippen LogP contribution in [0.15, 0.2) is 78.9 Å². The van der Waals surface area contributed by atoms with Crippen molar-refractivity contribution in [3.63, 3.8) is 0 Å². The van der Waals surface area contributed by atoms with Crippen LogP contribution in [0.25, 0.3) is 11.1 Å². The first-order chi connectivity index (χ1) is 12.9. The lowest BCUT2D eigenvalue weighted by molar-refractivity contribution is 0.277. The van der Waals surface area contributed by atoms with Gasteiger partial charge in [-0.05, 0) is 66.9 Å². The molecule has 0 unspecified atom stereocenters. The van der Waals surface area contributed by atoms with Gasteiger partial charge in [0.15, 0.2) is 0 Å². The van der Waals surface area contributed by atoms with Crippen molar-refractivity contribution in [2.45, 2.75) is 18.9 Å². The minimum atomic E-state index is 0.481. The molecule has 0 aromatic heterocycles. The van der Waals surface area contributed by atoms with Crippen LogP contribution < -0.4 is 14.8 Å².